The van der Waals surface area contributed by atoms with Crippen molar-refractivity contribution in [3.8, 4) is 22.3 Å². The first-order valence-electron chi connectivity index (χ1n) is 30.7. The molecule has 15 aromatic rings. The number of H-pyrrole nitrogens is 2. The number of hydrogen-bond donors (Lipinski definition) is 2. The maximum absolute atomic E-state index is 5.25. The van der Waals surface area contributed by atoms with Crippen LogP contribution < -0.4 is 15.3 Å². The van der Waals surface area contributed by atoms with E-state index >= 15 is 0 Å². The molecule has 19 rings (SSSR count). The van der Waals surface area contributed by atoms with Crippen molar-refractivity contribution in [1.29, 1.82) is 0 Å². The summed E-state index contributed by atoms with van der Waals surface area (Å²) in [5.74, 6) is 0. The molecule has 0 spiro atoms. The van der Waals surface area contributed by atoms with E-state index in [1.165, 1.54) is 79.7 Å². The summed E-state index contributed by atoms with van der Waals surface area (Å²) in [6, 6.07) is 98.8. The molecule has 11 heteroatoms. The highest BCUT2D eigenvalue weighted by atomic mass is 32.2. The summed E-state index contributed by atoms with van der Waals surface area (Å²) >= 11 is 9.07. The molecule has 4 aliphatic rings. The van der Waals surface area contributed by atoms with Crippen LogP contribution in [0.1, 0.15) is 22.3 Å². The number of anilines is 1. The number of aromatic amines is 2. The monoisotopic (exact) mass is 1320 g/mol. The van der Waals surface area contributed by atoms with Gasteiger partial charge in [-0.2, -0.15) is 0 Å². The maximum atomic E-state index is 5.25. The SMILES string of the molecule is C1=CSC(=C2SC=CS2)S1.CN(C)c1ccccc1.c1cc2cc3occc3cc2o1.c1cc[nH]c1.c1ccc(Cc2ccccc2)cc1.c1ccc2[nH]ccc2c1.c1ccc2c(c1)Cc1ccccc1-2.c1ccc2c(c1)[SiH2]c1ccccc1-2.c1ccc2sccc2c1. The Bertz CT molecular complexity index is 4290. The molecule has 5 aromatic heterocycles. The second-order valence-electron chi connectivity index (χ2n) is 21.6. The molecule has 0 fully saturated rings. The molecule has 0 atom stereocenters. The molecule has 2 N–H and O–H groups in total. The van der Waals surface area contributed by atoms with Crippen molar-refractivity contribution >= 4 is 127 Å². The van der Waals surface area contributed by atoms with Crippen molar-refractivity contribution in [3.05, 3.63) is 374 Å². The molecule has 10 aromatic carbocycles. The van der Waals surface area contributed by atoms with Gasteiger partial charge in [0.05, 0.1) is 30.5 Å². The van der Waals surface area contributed by atoms with Gasteiger partial charge in [0.1, 0.15) is 11.2 Å². The number of fused-ring (bicyclic) bond motifs is 10. The van der Waals surface area contributed by atoms with Gasteiger partial charge in [0.2, 0.25) is 0 Å². The minimum Gasteiger partial charge on any atom is -0.464 e. The summed E-state index contributed by atoms with van der Waals surface area (Å²) in [5.41, 5.74) is 15.7. The zero-order chi connectivity index (χ0) is 63.5. The van der Waals surface area contributed by atoms with Crippen molar-refractivity contribution in [2.24, 2.45) is 0 Å². The number of para-hydroxylation sites is 2. The second kappa shape index (κ2) is 34.9. The van der Waals surface area contributed by atoms with E-state index in [-0.39, 0.29) is 9.52 Å². The summed E-state index contributed by atoms with van der Waals surface area (Å²) in [6.45, 7) is 0. The van der Waals surface area contributed by atoms with Crippen LogP contribution in [0.2, 0.25) is 0 Å². The van der Waals surface area contributed by atoms with E-state index in [2.05, 4.69) is 260 Å². The molecule has 0 radical (unpaired) electrons. The third-order valence-corrected chi connectivity index (χ3v) is 22.8. The van der Waals surface area contributed by atoms with Crippen LogP contribution in [-0.2, 0) is 12.8 Å². The van der Waals surface area contributed by atoms with Crippen LogP contribution in [0.4, 0.5) is 5.69 Å². The number of aromatic nitrogens is 2. The van der Waals surface area contributed by atoms with Crippen LogP contribution in [-0.4, -0.2) is 33.6 Å². The van der Waals surface area contributed by atoms with E-state index in [4.69, 9.17) is 8.83 Å². The van der Waals surface area contributed by atoms with Gasteiger partial charge in [0.25, 0.3) is 0 Å². The number of nitrogens with one attached hydrogen (secondary N) is 2. The van der Waals surface area contributed by atoms with Crippen LogP contribution in [0.25, 0.3) is 65.2 Å². The molecule has 8 heterocycles. The Hall–Kier alpha value is -9.30. The highest BCUT2D eigenvalue weighted by Crippen LogP contribution is 2.50. The number of nitrogens with zero attached hydrogens (tertiary/aromatic N) is 1. The lowest BCUT2D eigenvalue weighted by Crippen LogP contribution is -2.20. The zero-order valence-electron chi connectivity index (χ0n) is 51.8. The van der Waals surface area contributed by atoms with Crippen LogP contribution in [0, 0.1) is 0 Å². The van der Waals surface area contributed by atoms with E-state index in [1.54, 1.807) is 34.2 Å². The van der Waals surface area contributed by atoms with Gasteiger partial charge in [-0.3, -0.25) is 0 Å². The Morgan fingerprint density at radius 1 is 0.398 bits per heavy atom. The predicted octanol–water partition coefficient (Wildman–Crippen LogP) is 22.4. The van der Waals surface area contributed by atoms with Crippen molar-refractivity contribution in [1.82, 2.24) is 9.97 Å². The van der Waals surface area contributed by atoms with Crippen LogP contribution in [0.5, 0.6) is 0 Å². The third-order valence-electron chi connectivity index (χ3n) is 15.1. The predicted molar refractivity (Wildman–Crippen MR) is 413 cm³/mol. The molecule has 3 aliphatic heterocycles. The fourth-order valence-corrected chi connectivity index (χ4v) is 17.3. The molecule has 93 heavy (non-hydrogen) atoms. The lowest BCUT2D eigenvalue weighted by Gasteiger charge is -2.10. The van der Waals surface area contributed by atoms with Gasteiger partial charge in [-0.1, -0.05) is 270 Å². The lowest BCUT2D eigenvalue weighted by atomic mass is 10.1. The smallest absolute Gasteiger partial charge is 0.134 e. The van der Waals surface area contributed by atoms with Gasteiger partial charge in [0, 0.05) is 59.4 Å². The molecule has 0 amide bonds. The highest BCUT2D eigenvalue weighted by molar-refractivity contribution is 8.33. The van der Waals surface area contributed by atoms with Gasteiger partial charge < -0.3 is 23.7 Å². The molecule has 0 unspecified atom stereocenters. The largest absolute Gasteiger partial charge is 0.464 e. The molecule has 1 aliphatic carbocycles. The second-order valence-corrected chi connectivity index (χ2v) is 28.6. The van der Waals surface area contributed by atoms with Gasteiger partial charge >= 0.3 is 0 Å². The molecule has 460 valence electrons. The Balaban J connectivity index is 0.000000108. The Labute approximate surface area is 569 Å². The molecular formula is C82H71N3O2S5Si. The van der Waals surface area contributed by atoms with Gasteiger partial charge in [-0.25, -0.2) is 0 Å². The standard InChI is InChI=1S/C13H10.C13H12.C12H10Si.C10H6O2.C8H7N.C8H11N.C8H6S.C6H4S4.C4H5N/c1-3-7-12-10(5-1)9-11-6-2-4-8-13(11)12;1-3-7-12(8-4-1)11-13-9-5-2-6-10-13;1-3-7-11-9(5-1)10-6-2-4-8-12(10)13-11;1-3-11-9-6-8-2-4-12-10(8)5-7(1)9;1-2-4-8-7(3-1)5-6-9-8;1-9(2)8-6-4-3-5-7-8;1-2-4-8-7(3-1)5-6-9-8;1-2-8-5(7-1)6-9-3-4-10-6;1-2-4-5-3-1/h1-8H,9H2;1-10H,11H2;1-8H,13H2;1-6H;1-6,9H;3-7H,1-2H3;1-6H;1-4H;1-5H. The van der Waals surface area contributed by atoms with E-state index in [0.29, 0.717) is 0 Å². The van der Waals surface area contributed by atoms with Crippen molar-refractivity contribution in [2.75, 3.05) is 19.0 Å². The molecule has 0 saturated carbocycles. The molecule has 5 nitrogen and oxygen atoms in total. The van der Waals surface area contributed by atoms with Crippen LogP contribution in [0.15, 0.2) is 361 Å². The minimum atomic E-state index is -0.160. The van der Waals surface area contributed by atoms with Crippen molar-refractivity contribution < 1.29 is 8.83 Å². The summed E-state index contributed by atoms with van der Waals surface area (Å²) in [4.78, 5) is 8.06. The summed E-state index contributed by atoms with van der Waals surface area (Å²) in [7, 11) is 3.91. The first-order chi connectivity index (χ1) is 46.0. The summed E-state index contributed by atoms with van der Waals surface area (Å²) < 4.78 is 14.7. The van der Waals surface area contributed by atoms with Crippen molar-refractivity contribution in [2.45, 2.75) is 12.8 Å². The number of rotatable bonds is 3. The summed E-state index contributed by atoms with van der Waals surface area (Å²) in [6.07, 6.45) is 11.2. The van der Waals surface area contributed by atoms with Crippen LogP contribution >= 0.6 is 58.4 Å². The first kappa shape index (κ1) is 65.2. The lowest BCUT2D eigenvalue weighted by molar-refractivity contribution is 0.612. The summed E-state index contributed by atoms with van der Waals surface area (Å²) in [5, 5.41) is 18.6. The number of thioether (sulfide) groups is 4. The molecule has 0 bridgehead atoms. The van der Waals surface area contributed by atoms with Gasteiger partial charge in [-0.05, 0) is 168 Å². The Morgan fingerprint density at radius 3 is 1.33 bits per heavy atom. The van der Waals surface area contributed by atoms with E-state index in [9.17, 15) is 0 Å². The third kappa shape index (κ3) is 19.1. The van der Waals surface area contributed by atoms with Crippen molar-refractivity contribution in [3.63, 3.8) is 0 Å². The minimum absolute atomic E-state index is 0.160. The number of furan rings is 2. The Kier molecular flexibility index (Phi) is 24.5. The average molecular weight is 1320 g/mol. The first-order valence-corrected chi connectivity index (χ1v) is 36.5. The topological polar surface area (TPSA) is 61.1 Å². The maximum Gasteiger partial charge on any atom is 0.134 e. The van der Waals surface area contributed by atoms with Gasteiger partial charge in [0.15, 0.2) is 0 Å². The molecular weight excluding hydrogens is 1250 g/mol. The number of thiophene rings is 1. The van der Waals surface area contributed by atoms with E-state index < -0.39 is 0 Å². The van der Waals surface area contributed by atoms with E-state index in [1.807, 2.05) is 146 Å². The normalized spacial score (nSPS) is 12.1. The highest BCUT2D eigenvalue weighted by Gasteiger charge is 2.18. The number of benzene rings is 10. The van der Waals surface area contributed by atoms with Gasteiger partial charge in [-0.15, -0.1) is 11.3 Å². The Morgan fingerprint density at radius 2 is 0.849 bits per heavy atom. The average Bonchev–Trinajstić information content (AvgIpc) is 1.91. The quantitative estimate of drug-likeness (QED) is 0.171. The fraction of sp³-hybridized carbons (Fsp3) is 0.0488. The van der Waals surface area contributed by atoms with Crippen LogP contribution in [0.3, 0.4) is 0 Å². The zero-order valence-corrected chi connectivity index (χ0v) is 57.3. The number of hydrogen-bond acceptors (Lipinski definition) is 8. The fourth-order valence-electron chi connectivity index (χ4n) is 10.5. The van der Waals surface area contributed by atoms with E-state index in [0.717, 1.165) is 34.8 Å². The molecule has 0 saturated heterocycles.